The number of nitrogens with one attached hydrogen (secondary N) is 4. The molecule has 1 heterocycles. The van der Waals surface area contributed by atoms with E-state index in [1.807, 2.05) is 18.2 Å². The Morgan fingerprint density at radius 3 is 2.53 bits per heavy atom. The Kier molecular flexibility index (Phi) is 8.72. The highest BCUT2D eigenvalue weighted by molar-refractivity contribution is 6.31. The standard InChI is InChI=1S/C22H25Cl2N7O3/c1-34-11-17(25)21(32)27-10-14-8-12(6-7-16(14)24)18-19(26)30-31-20(18)29-22(33)28-9-13-4-2-3-5-15(13)23/h2-8,17H,9-11,25H2,1H3,(H,27,32)(H5,26,28,29,30,31,33). The van der Waals surface area contributed by atoms with E-state index in [1.54, 1.807) is 24.3 Å². The molecule has 8 N–H and O–H groups in total. The van der Waals surface area contributed by atoms with Crippen molar-refractivity contribution in [2.24, 2.45) is 5.73 Å². The number of aromatic amines is 1. The summed E-state index contributed by atoms with van der Waals surface area (Å²) in [4.78, 5) is 24.5. The molecule has 0 aliphatic rings. The van der Waals surface area contributed by atoms with E-state index in [0.717, 1.165) is 5.56 Å². The lowest BCUT2D eigenvalue weighted by atomic mass is 10.0. The molecule has 0 fully saturated rings. The van der Waals surface area contributed by atoms with Gasteiger partial charge in [0.05, 0.1) is 12.2 Å². The van der Waals surface area contributed by atoms with Crippen LogP contribution in [0.3, 0.4) is 0 Å². The molecule has 3 rings (SSSR count). The van der Waals surface area contributed by atoms with Crippen molar-refractivity contribution in [3.63, 3.8) is 0 Å². The number of H-pyrrole nitrogens is 1. The molecule has 0 saturated carbocycles. The number of methoxy groups -OCH3 is 1. The molecule has 180 valence electrons. The molecule has 1 atom stereocenters. The van der Waals surface area contributed by atoms with Gasteiger partial charge in [0.1, 0.15) is 11.9 Å². The molecule has 0 spiro atoms. The summed E-state index contributed by atoms with van der Waals surface area (Å²) in [5.74, 6) is 0.109. The summed E-state index contributed by atoms with van der Waals surface area (Å²) in [5, 5.41) is 15.9. The van der Waals surface area contributed by atoms with Gasteiger partial charge in [0.25, 0.3) is 0 Å². The smallest absolute Gasteiger partial charge is 0.320 e. The minimum atomic E-state index is -0.795. The van der Waals surface area contributed by atoms with Gasteiger partial charge in [0, 0.05) is 30.2 Å². The zero-order chi connectivity index (χ0) is 24.7. The lowest BCUT2D eigenvalue weighted by molar-refractivity contribution is -0.123. The van der Waals surface area contributed by atoms with Gasteiger partial charge >= 0.3 is 6.03 Å². The molecular weight excluding hydrogens is 481 g/mol. The monoisotopic (exact) mass is 505 g/mol. The van der Waals surface area contributed by atoms with Crippen LogP contribution in [-0.2, 0) is 22.6 Å². The second-order valence-electron chi connectivity index (χ2n) is 7.35. The number of halogens is 2. The molecule has 0 aliphatic heterocycles. The number of amides is 3. The van der Waals surface area contributed by atoms with Gasteiger partial charge in [-0.3, -0.25) is 15.2 Å². The molecule has 2 aromatic carbocycles. The molecule has 12 heteroatoms. The van der Waals surface area contributed by atoms with Gasteiger partial charge in [-0.15, -0.1) is 0 Å². The van der Waals surface area contributed by atoms with Crippen molar-refractivity contribution in [1.82, 2.24) is 20.8 Å². The molecule has 3 aromatic rings. The quantitative estimate of drug-likeness (QED) is 0.262. The van der Waals surface area contributed by atoms with E-state index < -0.39 is 12.1 Å². The van der Waals surface area contributed by atoms with E-state index in [9.17, 15) is 9.59 Å². The van der Waals surface area contributed by atoms with Crippen molar-refractivity contribution >= 4 is 46.8 Å². The molecule has 10 nitrogen and oxygen atoms in total. The number of ether oxygens (including phenoxy) is 1. The lowest BCUT2D eigenvalue weighted by Crippen LogP contribution is -2.43. The number of urea groups is 1. The van der Waals surface area contributed by atoms with E-state index in [-0.39, 0.29) is 37.2 Å². The first-order valence-electron chi connectivity index (χ1n) is 10.2. The Hall–Kier alpha value is -3.31. The van der Waals surface area contributed by atoms with Crippen LogP contribution in [0.5, 0.6) is 0 Å². The highest BCUT2D eigenvalue weighted by Crippen LogP contribution is 2.33. The maximum atomic E-state index is 12.5. The van der Waals surface area contributed by atoms with Gasteiger partial charge < -0.3 is 26.8 Å². The number of carbonyl (C=O) groups excluding carboxylic acids is 2. The molecule has 0 aliphatic carbocycles. The number of benzene rings is 2. The van der Waals surface area contributed by atoms with Crippen LogP contribution in [0.1, 0.15) is 11.1 Å². The van der Waals surface area contributed by atoms with Crippen molar-refractivity contribution in [3.05, 3.63) is 63.6 Å². The van der Waals surface area contributed by atoms with Gasteiger partial charge in [-0.05, 0) is 34.9 Å². The minimum Gasteiger partial charge on any atom is -0.383 e. The summed E-state index contributed by atoms with van der Waals surface area (Å²) >= 11 is 12.4. The molecule has 1 unspecified atom stereocenters. The van der Waals surface area contributed by atoms with Gasteiger partial charge in [0.15, 0.2) is 5.82 Å². The highest BCUT2D eigenvalue weighted by Gasteiger charge is 2.18. The van der Waals surface area contributed by atoms with E-state index in [1.165, 1.54) is 7.11 Å². The number of carbonyl (C=O) groups is 2. The second-order valence-corrected chi connectivity index (χ2v) is 8.16. The van der Waals surface area contributed by atoms with Crippen LogP contribution < -0.4 is 27.4 Å². The van der Waals surface area contributed by atoms with Gasteiger partial charge in [-0.2, -0.15) is 5.10 Å². The Morgan fingerprint density at radius 1 is 1.09 bits per heavy atom. The Bertz CT molecular complexity index is 1170. The number of nitrogens with zero attached hydrogens (tertiary/aromatic N) is 1. The molecule has 0 saturated heterocycles. The zero-order valence-corrected chi connectivity index (χ0v) is 19.8. The predicted octanol–water partition coefficient (Wildman–Crippen LogP) is 2.88. The maximum Gasteiger partial charge on any atom is 0.320 e. The fourth-order valence-corrected chi connectivity index (χ4v) is 3.53. The van der Waals surface area contributed by atoms with Gasteiger partial charge in [-0.1, -0.05) is 47.5 Å². The normalized spacial score (nSPS) is 11.6. The SMILES string of the molecule is COCC(N)C(=O)NCc1cc(-c2c(NC(=O)NCc3ccccc3Cl)n[nH]c2N)ccc1Cl. The summed E-state index contributed by atoms with van der Waals surface area (Å²) in [6, 6.07) is 11.1. The average Bonchev–Trinajstić information content (AvgIpc) is 3.17. The number of rotatable bonds is 9. The highest BCUT2D eigenvalue weighted by atomic mass is 35.5. The van der Waals surface area contributed by atoms with Gasteiger partial charge in [-0.25, -0.2) is 4.79 Å². The molecule has 34 heavy (non-hydrogen) atoms. The first kappa shape index (κ1) is 25.3. The van der Waals surface area contributed by atoms with Gasteiger partial charge in [0.2, 0.25) is 5.91 Å². The topological polar surface area (TPSA) is 160 Å². The summed E-state index contributed by atoms with van der Waals surface area (Å²) in [7, 11) is 1.46. The van der Waals surface area contributed by atoms with Crippen LogP contribution in [0.15, 0.2) is 42.5 Å². The molecule has 1 aromatic heterocycles. The Labute approximate surface area is 206 Å². The Morgan fingerprint density at radius 2 is 1.79 bits per heavy atom. The third-order valence-electron chi connectivity index (χ3n) is 4.89. The van der Waals surface area contributed by atoms with Crippen LogP contribution >= 0.6 is 23.2 Å². The van der Waals surface area contributed by atoms with Crippen molar-refractivity contribution in [1.29, 1.82) is 0 Å². The van der Waals surface area contributed by atoms with E-state index in [2.05, 4.69) is 26.1 Å². The van der Waals surface area contributed by atoms with Crippen molar-refractivity contribution in [3.8, 4) is 11.1 Å². The summed E-state index contributed by atoms with van der Waals surface area (Å²) in [6.45, 7) is 0.469. The number of hydrogen-bond acceptors (Lipinski definition) is 6. The van der Waals surface area contributed by atoms with E-state index in [0.29, 0.717) is 26.7 Å². The molecule has 3 amide bonds. The second kappa shape index (κ2) is 11.7. The number of hydrogen-bond donors (Lipinski definition) is 6. The Balaban J connectivity index is 1.72. The van der Waals surface area contributed by atoms with E-state index >= 15 is 0 Å². The van der Waals surface area contributed by atoms with Crippen LogP contribution in [0, 0.1) is 0 Å². The average molecular weight is 506 g/mol. The van der Waals surface area contributed by atoms with Crippen LogP contribution in [-0.4, -0.2) is 41.9 Å². The lowest BCUT2D eigenvalue weighted by Gasteiger charge is -2.13. The van der Waals surface area contributed by atoms with Crippen LogP contribution in [0.25, 0.3) is 11.1 Å². The molecule has 0 bridgehead atoms. The first-order valence-corrected chi connectivity index (χ1v) is 11.0. The summed E-state index contributed by atoms with van der Waals surface area (Å²) < 4.78 is 4.89. The van der Waals surface area contributed by atoms with Crippen molar-refractivity contribution in [2.45, 2.75) is 19.1 Å². The fraction of sp³-hybridized carbons (Fsp3) is 0.227. The van der Waals surface area contributed by atoms with Crippen molar-refractivity contribution in [2.75, 3.05) is 24.8 Å². The van der Waals surface area contributed by atoms with E-state index in [4.69, 9.17) is 39.4 Å². The largest absolute Gasteiger partial charge is 0.383 e. The first-order chi connectivity index (χ1) is 16.3. The number of aromatic nitrogens is 2. The molecule has 0 radical (unpaired) electrons. The zero-order valence-electron chi connectivity index (χ0n) is 18.3. The third kappa shape index (κ3) is 6.39. The van der Waals surface area contributed by atoms with Crippen LogP contribution in [0.4, 0.5) is 16.4 Å². The number of nitrogens with two attached hydrogens (primary N) is 2. The minimum absolute atomic E-state index is 0.0960. The summed E-state index contributed by atoms with van der Waals surface area (Å²) in [6.07, 6.45) is 0. The third-order valence-corrected chi connectivity index (χ3v) is 5.63. The summed E-state index contributed by atoms with van der Waals surface area (Å²) in [5.41, 5.74) is 14.3. The predicted molar refractivity (Wildman–Crippen MR) is 132 cm³/mol. The van der Waals surface area contributed by atoms with Crippen LogP contribution in [0.2, 0.25) is 10.0 Å². The molecular formula is C22H25Cl2N7O3. The fourth-order valence-electron chi connectivity index (χ4n) is 3.14. The van der Waals surface area contributed by atoms with Crippen molar-refractivity contribution < 1.29 is 14.3 Å². The maximum absolute atomic E-state index is 12.5. The number of anilines is 2. The number of nitrogen functional groups attached to an aromatic ring is 1.